The molecule has 0 atom stereocenters. The molecule has 0 fully saturated rings. The lowest BCUT2D eigenvalue weighted by molar-refractivity contribution is -0.137. The highest BCUT2D eigenvalue weighted by Gasteiger charge is 2.34. The molecule has 0 unspecified atom stereocenters. The maximum absolute atomic E-state index is 13.5. The van der Waals surface area contributed by atoms with E-state index < -0.39 is 17.6 Å². The monoisotopic (exact) mass is 374 g/mol. The van der Waals surface area contributed by atoms with E-state index in [4.69, 9.17) is 5.73 Å². The van der Waals surface area contributed by atoms with Gasteiger partial charge in [0.15, 0.2) is 0 Å². The zero-order chi connectivity index (χ0) is 19.8. The quantitative estimate of drug-likeness (QED) is 0.670. The molecule has 0 saturated carbocycles. The average Bonchev–Trinajstić information content (AvgIpc) is 3.02. The van der Waals surface area contributed by atoms with E-state index in [1.165, 1.54) is 35.2 Å². The van der Waals surface area contributed by atoms with Crippen molar-refractivity contribution < 1.29 is 18.0 Å². The molecule has 8 heteroatoms. The Kier molecular flexibility index (Phi) is 4.65. The van der Waals surface area contributed by atoms with Gasteiger partial charge in [0.2, 0.25) is 0 Å². The van der Waals surface area contributed by atoms with Crippen LogP contribution in [0.2, 0.25) is 0 Å². The number of carbonyl (C=O) groups is 1. The van der Waals surface area contributed by atoms with E-state index in [1.807, 2.05) is 0 Å². The number of rotatable bonds is 3. The lowest BCUT2D eigenvalue weighted by Crippen LogP contribution is -2.15. The molecule has 5 nitrogen and oxygen atoms in total. The molecule has 2 aromatic carbocycles. The summed E-state index contributed by atoms with van der Waals surface area (Å²) in [6.45, 7) is 3.40. The van der Waals surface area contributed by atoms with Gasteiger partial charge in [-0.05, 0) is 49.7 Å². The summed E-state index contributed by atoms with van der Waals surface area (Å²) in [5, 5.41) is 2.49. The lowest BCUT2D eigenvalue weighted by atomic mass is 10.1. The number of aryl methyl sites for hydroxylation is 2. The first-order valence-corrected chi connectivity index (χ1v) is 8.06. The van der Waals surface area contributed by atoms with E-state index in [1.54, 1.807) is 26.0 Å². The van der Waals surface area contributed by atoms with Crippen LogP contribution in [-0.2, 0) is 6.18 Å². The normalized spacial score (nSPS) is 11.4. The molecule has 0 aliphatic carbocycles. The zero-order valence-corrected chi connectivity index (χ0v) is 14.6. The molecule has 3 N–H and O–H groups in total. The molecule has 0 radical (unpaired) electrons. The zero-order valence-electron chi connectivity index (χ0n) is 14.6. The number of nitrogens with zero attached hydrogens (tertiary/aromatic N) is 2. The average molecular weight is 374 g/mol. The fraction of sp³-hybridized carbons (Fsp3) is 0.158. The Morgan fingerprint density at radius 2 is 1.89 bits per heavy atom. The van der Waals surface area contributed by atoms with Crippen molar-refractivity contribution in [3.8, 4) is 5.69 Å². The maximum Gasteiger partial charge on any atom is 0.418 e. The van der Waals surface area contributed by atoms with Gasteiger partial charge < -0.3 is 15.6 Å². The summed E-state index contributed by atoms with van der Waals surface area (Å²) in [4.78, 5) is 16.3. The van der Waals surface area contributed by atoms with Gasteiger partial charge in [0.1, 0.15) is 5.82 Å². The summed E-state index contributed by atoms with van der Waals surface area (Å²) in [6.07, 6.45) is -1.72. The van der Waals surface area contributed by atoms with Gasteiger partial charge in [-0.25, -0.2) is 4.98 Å². The predicted octanol–water partition coefficient (Wildman–Crippen LogP) is 4.34. The van der Waals surface area contributed by atoms with Crippen LogP contribution in [0.5, 0.6) is 0 Å². The number of nitrogen functional groups attached to an aromatic ring is 1. The van der Waals surface area contributed by atoms with Gasteiger partial charge in [0.05, 0.1) is 11.3 Å². The van der Waals surface area contributed by atoms with Crippen molar-refractivity contribution in [1.82, 2.24) is 9.55 Å². The summed E-state index contributed by atoms with van der Waals surface area (Å²) >= 11 is 0. The largest absolute Gasteiger partial charge is 0.418 e. The van der Waals surface area contributed by atoms with Crippen molar-refractivity contribution in [3.05, 3.63) is 71.3 Å². The van der Waals surface area contributed by atoms with Crippen LogP contribution in [0.1, 0.15) is 27.3 Å². The number of nitrogens with two attached hydrogens (primary N) is 1. The van der Waals surface area contributed by atoms with E-state index in [0.29, 0.717) is 11.5 Å². The first-order chi connectivity index (χ1) is 12.7. The number of halogens is 3. The highest BCUT2D eigenvalue weighted by atomic mass is 19.4. The Morgan fingerprint density at radius 3 is 2.48 bits per heavy atom. The van der Waals surface area contributed by atoms with Crippen LogP contribution in [0.25, 0.3) is 5.69 Å². The number of hydrogen-bond acceptors (Lipinski definition) is 3. The molecular weight excluding hydrogens is 357 g/mol. The van der Waals surface area contributed by atoms with Gasteiger partial charge in [0.25, 0.3) is 5.91 Å². The van der Waals surface area contributed by atoms with Gasteiger partial charge >= 0.3 is 6.18 Å². The van der Waals surface area contributed by atoms with Crippen LogP contribution in [0.4, 0.5) is 24.5 Å². The third kappa shape index (κ3) is 3.79. The highest BCUT2D eigenvalue weighted by molar-refractivity contribution is 6.05. The predicted molar refractivity (Wildman–Crippen MR) is 96.8 cm³/mol. The lowest BCUT2D eigenvalue weighted by Gasteiger charge is -2.16. The SMILES string of the molecule is Cc1ccc(C(=O)Nc2ccc(-n3ccnc3C)c(C(F)(F)F)c2)cc1N. The van der Waals surface area contributed by atoms with Gasteiger partial charge in [0, 0.05) is 29.3 Å². The molecule has 140 valence electrons. The number of aromatic nitrogens is 2. The van der Waals surface area contributed by atoms with Crippen LogP contribution < -0.4 is 11.1 Å². The van der Waals surface area contributed by atoms with Gasteiger partial charge in [-0.1, -0.05) is 6.07 Å². The molecule has 0 aliphatic heterocycles. The second-order valence-electron chi connectivity index (χ2n) is 6.10. The van der Waals surface area contributed by atoms with Crippen molar-refractivity contribution in [1.29, 1.82) is 0 Å². The third-order valence-electron chi connectivity index (χ3n) is 4.19. The molecule has 1 heterocycles. The number of anilines is 2. The smallest absolute Gasteiger partial charge is 0.398 e. The summed E-state index contributed by atoms with van der Waals surface area (Å²) in [7, 11) is 0. The van der Waals surface area contributed by atoms with Crippen LogP contribution >= 0.6 is 0 Å². The number of alkyl halides is 3. The van der Waals surface area contributed by atoms with Crippen LogP contribution in [-0.4, -0.2) is 15.5 Å². The third-order valence-corrected chi connectivity index (χ3v) is 4.19. The Balaban J connectivity index is 1.96. The minimum absolute atomic E-state index is 0.0352. The summed E-state index contributed by atoms with van der Waals surface area (Å²) in [5.74, 6) is -0.117. The molecule has 1 aromatic heterocycles. The highest BCUT2D eigenvalue weighted by Crippen LogP contribution is 2.36. The number of imidazole rings is 1. The standard InChI is InChI=1S/C19H17F3N4O/c1-11-3-4-13(9-16(11)23)18(27)25-14-5-6-17(15(10-14)19(20,21)22)26-8-7-24-12(26)2/h3-10H,23H2,1-2H3,(H,25,27). The second-order valence-corrected chi connectivity index (χ2v) is 6.10. The van der Waals surface area contributed by atoms with Gasteiger partial charge in [-0.2, -0.15) is 13.2 Å². The van der Waals surface area contributed by atoms with Crippen LogP contribution in [0, 0.1) is 13.8 Å². The Labute approximate surface area is 153 Å². The van der Waals surface area contributed by atoms with E-state index in [9.17, 15) is 18.0 Å². The first-order valence-electron chi connectivity index (χ1n) is 8.06. The first kappa shape index (κ1) is 18.5. The molecule has 0 spiro atoms. The second kappa shape index (κ2) is 6.79. The Bertz CT molecular complexity index is 1010. The molecule has 3 aromatic rings. The number of hydrogen-bond donors (Lipinski definition) is 2. The minimum Gasteiger partial charge on any atom is -0.398 e. The van der Waals surface area contributed by atoms with Gasteiger partial charge in [-0.3, -0.25) is 4.79 Å². The Hall–Kier alpha value is -3.29. The van der Waals surface area contributed by atoms with Crippen molar-refractivity contribution in [2.75, 3.05) is 11.1 Å². The minimum atomic E-state index is -4.60. The molecule has 0 bridgehead atoms. The van der Waals surface area contributed by atoms with Crippen molar-refractivity contribution >= 4 is 17.3 Å². The molecular formula is C19H17F3N4O. The van der Waals surface area contributed by atoms with Crippen LogP contribution in [0.15, 0.2) is 48.8 Å². The van der Waals surface area contributed by atoms with Crippen molar-refractivity contribution in [2.24, 2.45) is 0 Å². The number of carbonyl (C=O) groups excluding carboxylic acids is 1. The molecule has 27 heavy (non-hydrogen) atoms. The summed E-state index contributed by atoms with van der Waals surface area (Å²) < 4.78 is 42.0. The number of nitrogens with one attached hydrogen (secondary N) is 1. The van der Waals surface area contributed by atoms with E-state index in [-0.39, 0.29) is 16.9 Å². The summed E-state index contributed by atoms with van der Waals surface area (Å²) in [6, 6.07) is 8.35. The molecule has 1 amide bonds. The Morgan fingerprint density at radius 1 is 1.15 bits per heavy atom. The van der Waals surface area contributed by atoms with E-state index >= 15 is 0 Å². The number of amides is 1. The topological polar surface area (TPSA) is 72.9 Å². The van der Waals surface area contributed by atoms with Crippen LogP contribution in [0.3, 0.4) is 0 Å². The summed E-state index contributed by atoms with van der Waals surface area (Å²) in [5.41, 5.74) is 6.40. The molecule has 0 aliphatic rings. The van der Waals surface area contributed by atoms with Gasteiger partial charge in [-0.15, -0.1) is 0 Å². The molecule has 0 saturated heterocycles. The number of benzene rings is 2. The van der Waals surface area contributed by atoms with Crippen molar-refractivity contribution in [2.45, 2.75) is 20.0 Å². The van der Waals surface area contributed by atoms with Crippen molar-refractivity contribution in [3.63, 3.8) is 0 Å². The molecule has 3 rings (SSSR count). The fourth-order valence-corrected chi connectivity index (χ4v) is 2.67. The van der Waals surface area contributed by atoms with E-state index in [2.05, 4.69) is 10.3 Å². The van der Waals surface area contributed by atoms with E-state index in [0.717, 1.165) is 11.6 Å². The fourth-order valence-electron chi connectivity index (χ4n) is 2.67. The maximum atomic E-state index is 13.5.